The van der Waals surface area contributed by atoms with E-state index in [0.29, 0.717) is 23.3 Å². The summed E-state index contributed by atoms with van der Waals surface area (Å²) in [7, 11) is 0. The number of fused-ring (bicyclic) bond motifs is 1. The van der Waals surface area contributed by atoms with Gasteiger partial charge in [-0.05, 0) is 39.2 Å². The lowest BCUT2D eigenvalue weighted by Crippen LogP contribution is -2.42. The standard InChI is InChI=1S/C30H35N9O2/c1-17(13-22-11-9-18(2)38(22)26(41)14-25(31)37-33)28-27(19(3)40)29(32)39-30(36-28)23(16-35-39)21-10-12-24(34-15-21)20-7-5-4-6-8-20/h4-8,10,12,15-18,22H,9,11,13-14,32-33H2,1-3H3,(H2,31,37). The topological polar surface area (TPSA) is 171 Å². The lowest BCUT2D eigenvalue weighted by atomic mass is 9.92. The van der Waals surface area contributed by atoms with Crippen LogP contribution >= 0.6 is 0 Å². The number of carbonyl (C=O) groups excluding carboxylic acids is 2. The zero-order valence-electron chi connectivity index (χ0n) is 23.5. The summed E-state index contributed by atoms with van der Waals surface area (Å²) in [6.07, 6.45) is 5.77. The highest BCUT2D eigenvalue weighted by molar-refractivity contribution is 6.00. The number of hydrogen-bond donors (Lipinski definition) is 3. The molecule has 41 heavy (non-hydrogen) atoms. The Morgan fingerprint density at radius 3 is 2.51 bits per heavy atom. The lowest BCUT2D eigenvalue weighted by molar-refractivity contribution is -0.132. The van der Waals surface area contributed by atoms with Crippen LogP contribution in [0.25, 0.3) is 28.0 Å². The maximum Gasteiger partial charge on any atom is 0.230 e. The van der Waals surface area contributed by atoms with E-state index in [4.69, 9.17) is 22.3 Å². The van der Waals surface area contributed by atoms with Crippen molar-refractivity contribution in [3.8, 4) is 22.4 Å². The lowest BCUT2D eigenvalue weighted by Gasteiger charge is -2.30. The number of amides is 1. The average Bonchev–Trinajstić information content (AvgIpc) is 3.56. The number of aromatic nitrogens is 4. The first-order valence-electron chi connectivity index (χ1n) is 13.7. The minimum Gasteiger partial charge on any atom is -0.385 e. The second kappa shape index (κ2) is 11.4. The third kappa shape index (κ3) is 5.34. The van der Waals surface area contributed by atoms with E-state index >= 15 is 0 Å². The number of hydrogen-bond acceptors (Lipinski definition) is 8. The zero-order chi connectivity index (χ0) is 29.3. The van der Waals surface area contributed by atoms with Gasteiger partial charge in [-0.3, -0.25) is 14.6 Å². The van der Waals surface area contributed by atoms with Gasteiger partial charge in [0.05, 0.1) is 29.6 Å². The highest BCUT2D eigenvalue weighted by atomic mass is 16.2. The maximum absolute atomic E-state index is 13.0. The Hall–Kier alpha value is -4.80. The molecular weight excluding hydrogens is 518 g/mol. The molecule has 11 heteroatoms. The highest BCUT2D eigenvalue weighted by Crippen LogP contribution is 2.36. The second-order valence-corrected chi connectivity index (χ2v) is 10.7. The summed E-state index contributed by atoms with van der Waals surface area (Å²) >= 11 is 0. The number of Topliss-reactive ketones (excluding diaryl/α,β-unsaturated/α-hetero) is 1. The first-order valence-corrected chi connectivity index (χ1v) is 13.7. The van der Waals surface area contributed by atoms with Crippen molar-refractivity contribution in [3.63, 3.8) is 0 Å². The Morgan fingerprint density at radius 2 is 1.85 bits per heavy atom. The average molecular weight is 554 g/mol. The molecule has 212 valence electrons. The summed E-state index contributed by atoms with van der Waals surface area (Å²) in [6.45, 7) is 5.52. The molecule has 6 N–H and O–H groups in total. The predicted octanol–water partition coefficient (Wildman–Crippen LogP) is 3.74. The van der Waals surface area contributed by atoms with E-state index in [1.54, 1.807) is 12.4 Å². The van der Waals surface area contributed by atoms with Crippen molar-refractivity contribution in [3.05, 3.63) is 66.1 Å². The van der Waals surface area contributed by atoms with Crippen molar-refractivity contribution < 1.29 is 9.59 Å². The molecular formula is C30H35N9O2. The van der Waals surface area contributed by atoms with Crippen LogP contribution in [0.1, 0.15) is 68.4 Å². The van der Waals surface area contributed by atoms with Crippen molar-refractivity contribution in [2.24, 2.45) is 16.7 Å². The zero-order valence-corrected chi connectivity index (χ0v) is 23.5. The van der Waals surface area contributed by atoms with Gasteiger partial charge in [-0.25, -0.2) is 4.98 Å². The number of anilines is 1. The SMILES string of the molecule is CC(=O)c1c(C(C)CC2CCC(C)N2C(=O)C/C(N)=N/N)nc2c(-c3ccc(-c4ccccc4)nc3)cnn2c1N. The van der Waals surface area contributed by atoms with E-state index in [9.17, 15) is 9.59 Å². The van der Waals surface area contributed by atoms with Crippen molar-refractivity contribution in [2.75, 3.05) is 5.73 Å². The minimum absolute atomic E-state index is 0.0299. The van der Waals surface area contributed by atoms with Gasteiger partial charge in [0.1, 0.15) is 11.7 Å². The van der Waals surface area contributed by atoms with Gasteiger partial charge in [-0.15, -0.1) is 0 Å². The fraction of sp³-hybridized carbons (Fsp3) is 0.333. The molecule has 3 aromatic heterocycles. The van der Waals surface area contributed by atoms with Gasteiger partial charge in [-0.1, -0.05) is 43.3 Å². The molecule has 0 radical (unpaired) electrons. The number of carbonyl (C=O) groups is 2. The van der Waals surface area contributed by atoms with Crippen LogP contribution in [-0.4, -0.2) is 54.1 Å². The van der Waals surface area contributed by atoms with Gasteiger partial charge in [0.25, 0.3) is 0 Å². The van der Waals surface area contributed by atoms with Crippen molar-refractivity contribution in [1.29, 1.82) is 0 Å². The maximum atomic E-state index is 13.0. The third-order valence-electron chi connectivity index (χ3n) is 7.87. The summed E-state index contributed by atoms with van der Waals surface area (Å²) in [4.78, 5) is 37.4. The highest BCUT2D eigenvalue weighted by Gasteiger charge is 2.36. The number of amidine groups is 1. The van der Waals surface area contributed by atoms with Gasteiger partial charge in [0.15, 0.2) is 11.4 Å². The third-order valence-corrected chi connectivity index (χ3v) is 7.87. The fourth-order valence-electron chi connectivity index (χ4n) is 5.85. The number of pyridine rings is 1. The van der Waals surface area contributed by atoms with Gasteiger partial charge in [-0.2, -0.15) is 14.7 Å². The summed E-state index contributed by atoms with van der Waals surface area (Å²) in [5.74, 6) is 5.12. The molecule has 1 aliphatic rings. The van der Waals surface area contributed by atoms with Gasteiger partial charge in [0.2, 0.25) is 5.91 Å². The smallest absolute Gasteiger partial charge is 0.230 e. The molecule has 5 rings (SSSR count). The van der Waals surface area contributed by atoms with Crippen molar-refractivity contribution in [2.45, 2.75) is 64.5 Å². The molecule has 1 amide bonds. The van der Waals surface area contributed by atoms with E-state index < -0.39 is 0 Å². The molecule has 11 nitrogen and oxygen atoms in total. The Morgan fingerprint density at radius 1 is 1.10 bits per heavy atom. The number of likely N-dealkylation sites (tertiary alicyclic amines) is 1. The largest absolute Gasteiger partial charge is 0.385 e. The second-order valence-electron chi connectivity index (χ2n) is 10.7. The molecule has 0 saturated carbocycles. The summed E-state index contributed by atoms with van der Waals surface area (Å²) in [5, 5.41) is 7.92. The van der Waals surface area contributed by atoms with Crippen LogP contribution in [0.4, 0.5) is 5.82 Å². The summed E-state index contributed by atoms with van der Waals surface area (Å²) < 4.78 is 1.51. The number of benzene rings is 1. The van der Waals surface area contributed by atoms with E-state index in [1.165, 1.54) is 11.4 Å². The number of ketones is 1. The number of rotatable bonds is 8. The van der Waals surface area contributed by atoms with Crippen LogP contribution in [0, 0.1) is 0 Å². The monoisotopic (exact) mass is 553 g/mol. The van der Waals surface area contributed by atoms with Crippen molar-refractivity contribution >= 4 is 29.0 Å². The Kier molecular flexibility index (Phi) is 7.69. The van der Waals surface area contributed by atoms with E-state index in [-0.39, 0.29) is 47.8 Å². The Bertz CT molecular complexity index is 1610. The molecule has 1 saturated heterocycles. The van der Waals surface area contributed by atoms with E-state index in [0.717, 1.165) is 35.2 Å². The van der Waals surface area contributed by atoms with Gasteiger partial charge in [0, 0.05) is 40.9 Å². The summed E-state index contributed by atoms with van der Waals surface area (Å²) in [5.41, 5.74) is 17.2. The quantitative estimate of drug-likeness (QED) is 0.0973. The Labute approximate surface area is 238 Å². The first-order chi connectivity index (χ1) is 19.7. The number of nitrogens with zero attached hydrogens (tertiary/aromatic N) is 6. The molecule has 3 atom stereocenters. The normalized spacial score (nSPS) is 18.1. The van der Waals surface area contributed by atoms with Crippen LogP contribution in [0.5, 0.6) is 0 Å². The fourth-order valence-corrected chi connectivity index (χ4v) is 5.85. The van der Waals surface area contributed by atoms with Gasteiger partial charge >= 0.3 is 0 Å². The van der Waals surface area contributed by atoms with E-state index in [2.05, 4.69) is 15.2 Å². The van der Waals surface area contributed by atoms with Crippen LogP contribution in [0.2, 0.25) is 0 Å². The molecule has 0 spiro atoms. The van der Waals surface area contributed by atoms with E-state index in [1.807, 2.05) is 61.2 Å². The molecule has 4 aromatic rings. The first kappa shape index (κ1) is 27.8. The molecule has 1 aromatic carbocycles. The van der Waals surface area contributed by atoms with Gasteiger partial charge < -0.3 is 22.2 Å². The van der Waals surface area contributed by atoms with Crippen molar-refractivity contribution in [1.82, 2.24) is 24.5 Å². The minimum atomic E-state index is -0.190. The van der Waals surface area contributed by atoms with Crippen LogP contribution in [-0.2, 0) is 4.79 Å². The molecule has 1 aliphatic heterocycles. The molecule has 4 heterocycles. The number of nitrogen functional groups attached to an aromatic ring is 1. The number of hydrazone groups is 1. The molecule has 3 unspecified atom stereocenters. The van der Waals surface area contributed by atoms with Crippen LogP contribution in [0.3, 0.4) is 0 Å². The predicted molar refractivity (Wildman–Crippen MR) is 159 cm³/mol. The Balaban J connectivity index is 1.49. The summed E-state index contributed by atoms with van der Waals surface area (Å²) in [6, 6.07) is 13.9. The van der Waals surface area contributed by atoms with Crippen LogP contribution in [0.15, 0.2) is 60.0 Å². The molecule has 0 aliphatic carbocycles. The van der Waals surface area contributed by atoms with Crippen LogP contribution < -0.4 is 17.3 Å². The molecule has 1 fully saturated rings. The molecule has 0 bridgehead atoms. The number of nitrogens with two attached hydrogens (primary N) is 3.